The van der Waals surface area contributed by atoms with Crippen LogP contribution in [0.5, 0.6) is 0 Å². The van der Waals surface area contributed by atoms with Crippen molar-refractivity contribution in [2.75, 3.05) is 46.0 Å². The Bertz CT molecular complexity index is 202. The van der Waals surface area contributed by atoms with Crippen LogP contribution < -0.4 is 0 Å². The quantitative estimate of drug-likeness (QED) is 0.259. The molecule has 20 heavy (non-hydrogen) atoms. The number of hydrogen-bond donors (Lipinski definition) is 2. The van der Waals surface area contributed by atoms with Crippen LogP contribution in [0.3, 0.4) is 0 Å². The van der Waals surface area contributed by atoms with Crippen molar-refractivity contribution in [2.24, 2.45) is 0 Å². The van der Waals surface area contributed by atoms with Crippen molar-refractivity contribution in [3.05, 3.63) is 0 Å². The molecule has 0 nitrogen and oxygen atoms in total. The lowest BCUT2D eigenvalue weighted by Gasteiger charge is -2.36. The molecule has 0 aromatic carbocycles. The summed E-state index contributed by atoms with van der Waals surface area (Å²) in [5, 5.41) is 0. The van der Waals surface area contributed by atoms with E-state index in [1.807, 2.05) is 0 Å². The van der Waals surface area contributed by atoms with Crippen molar-refractivity contribution in [1.29, 1.82) is 0 Å². The van der Waals surface area contributed by atoms with Gasteiger partial charge in [0, 0.05) is 34.5 Å². The number of rotatable bonds is 12. The average molecular weight is 389 g/mol. The van der Waals surface area contributed by atoms with Crippen LogP contribution in [0.15, 0.2) is 0 Å². The standard InChI is InChI=1S/C14H28S6/c15-6-8-17-10-12-19-14(4-2-1-3-5-14)20-13-11-18-9-7-16/h15-16H,1-13H2. The van der Waals surface area contributed by atoms with Gasteiger partial charge in [-0.05, 0) is 24.3 Å². The van der Waals surface area contributed by atoms with Gasteiger partial charge < -0.3 is 0 Å². The van der Waals surface area contributed by atoms with Crippen LogP contribution in [-0.4, -0.2) is 50.1 Å². The van der Waals surface area contributed by atoms with Gasteiger partial charge in [-0.15, -0.1) is 23.5 Å². The lowest BCUT2D eigenvalue weighted by atomic mass is 10.00. The summed E-state index contributed by atoms with van der Waals surface area (Å²) in [5.41, 5.74) is 0. The second-order valence-corrected chi connectivity index (χ2v) is 11.4. The largest absolute Gasteiger partial charge is 0.179 e. The van der Waals surface area contributed by atoms with Crippen LogP contribution in [0.1, 0.15) is 32.1 Å². The zero-order valence-electron chi connectivity index (χ0n) is 12.2. The Kier molecular flexibility index (Phi) is 13.6. The molecule has 120 valence electrons. The summed E-state index contributed by atoms with van der Waals surface area (Å²) in [6, 6.07) is 0. The first kappa shape index (κ1) is 20.1. The van der Waals surface area contributed by atoms with Crippen molar-refractivity contribution >= 4 is 72.3 Å². The molecule has 0 aromatic rings. The van der Waals surface area contributed by atoms with Crippen molar-refractivity contribution in [3.8, 4) is 0 Å². The highest BCUT2D eigenvalue weighted by molar-refractivity contribution is 8.18. The highest BCUT2D eigenvalue weighted by Gasteiger charge is 2.32. The molecule has 0 aromatic heterocycles. The van der Waals surface area contributed by atoms with Crippen LogP contribution >= 0.6 is 72.3 Å². The van der Waals surface area contributed by atoms with Gasteiger partial charge in [0.05, 0.1) is 4.08 Å². The zero-order valence-corrected chi connectivity index (χ0v) is 17.3. The molecule has 0 amide bonds. The van der Waals surface area contributed by atoms with E-state index in [9.17, 15) is 0 Å². The van der Waals surface area contributed by atoms with E-state index in [4.69, 9.17) is 0 Å². The van der Waals surface area contributed by atoms with E-state index in [0.717, 1.165) is 11.5 Å². The molecule has 1 saturated carbocycles. The van der Waals surface area contributed by atoms with E-state index < -0.39 is 0 Å². The summed E-state index contributed by atoms with van der Waals surface area (Å²) in [6.45, 7) is 0. The smallest absolute Gasteiger partial charge is 0.0611 e. The van der Waals surface area contributed by atoms with E-state index in [1.165, 1.54) is 66.6 Å². The van der Waals surface area contributed by atoms with Crippen molar-refractivity contribution in [2.45, 2.75) is 36.2 Å². The Balaban J connectivity index is 2.22. The summed E-state index contributed by atoms with van der Waals surface area (Å²) < 4.78 is 0.543. The Labute approximate surface area is 153 Å². The molecular weight excluding hydrogens is 361 g/mol. The molecule has 0 saturated heterocycles. The maximum atomic E-state index is 4.28. The first-order chi connectivity index (χ1) is 9.83. The number of thiol groups is 2. The Hall–Kier alpha value is 2.10. The molecule has 6 heteroatoms. The van der Waals surface area contributed by atoms with Crippen molar-refractivity contribution in [3.63, 3.8) is 0 Å². The number of thioether (sulfide) groups is 4. The van der Waals surface area contributed by atoms with Gasteiger partial charge in [0.25, 0.3) is 0 Å². The fourth-order valence-electron chi connectivity index (χ4n) is 2.33. The summed E-state index contributed by atoms with van der Waals surface area (Å²) in [7, 11) is 0. The summed E-state index contributed by atoms with van der Waals surface area (Å²) in [4.78, 5) is 0. The third-order valence-electron chi connectivity index (χ3n) is 3.27. The molecule has 0 radical (unpaired) electrons. The van der Waals surface area contributed by atoms with E-state index in [1.54, 1.807) is 0 Å². The van der Waals surface area contributed by atoms with Crippen LogP contribution in [0.2, 0.25) is 0 Å². The van der Waals surface area contributed by atoms with E-state index in [2.05, 4.69) is 72.3 Å². The van der Waals surface area contributed by atoms with Crippen LogP contribution in [0, 0.1) is 0 Å². The molecule has 1 aliphatic carbocycles. The monoisotopic (exact) mass is 388 g/mol. The van der Waals surface area contributed by atoms with E-state index in [-0.39, 0.29) is 0 Å². The van der Waals surface area contributed by atoms with E-state index in [0.29, 0.717) is 4.08 Å². The Morgan fingerprint density at radius 2 is 1.15 bits per heavy atom. The molecule has 0 atom stereocenters. The summed E-state index contributed by atoms with van der Waals surface area (Å²) >= 11 is 17.2. The first-order valence-electron chi connectivity index (χ1n) is 7.48. The van der Waals surface area contributed by atoms with Gasteiger partial charge in [0.15, 0.2) is 0 Å². The van der Waals surface area contributed by atoms with Gasteiger partial charge in [-0.25, -0.2) is 0 Å². The maximum Gasteiger partial charge on any atom is 0.0611 e. The molecule has 0 aliphatic heterocycles. The molecule has 0 unspecified atom stereocenters. The highest BCUT2D eigenvalue weighted by Crippen LogP contribution is 2.48. The topological polar surface area (TPSA) is 0 Å². The Morgan fingerprint density at radius 1 is 0.650 bits per heavy atom. The van der Waals surface area contributed by atoms with Crippen LogP contribution in [-0.2, 0) is 0 Å². The first-order valence-corrected chi connectivity index (χ1v) is 13.0. The van der Waals surface area contributed by atoms with Gasteiger partial charge in [-0.2, -0.15) is 48.8 Å². The van der Waals surface area contributed by atoms with Crippen LogP contribution in [0.25, 0.3) is 0 Å². The minimum Gasteiger partial charge on any atom is -0.179 e. The summed E-state index contributed by atoms with van der Waals surface area (Å²) in [6.07, 6.45) is 7.18. The minimum absolute atomic E-state index is 0.543. The van der Waals surface area contributed by atoms with E-state index >= 15 is 0 Å². The second kappa shape index (κ2) is 13.5. The van der Waals surface area contributed by atoms with Gasteiger partial charge >= 0.3 is 0 Å². The second-order valence-electron chi connectivity index (χ2n) is 4.84. The third-order valence-corrected chi connectivity index (χ3v) is 10.2. The van der Waals surface area contributed by atoms with Crippen LogP contribution in [0.4, 0.5) is 0 Å². The molecule has 0 spiro atoms. The van der Waals surface area contributed by atoms with Gasteiger partial charge in [0.1, 0.15) is 0 Å². The Morgan fingerprint density at radius 3 is 1.60 bits per heavy atom. The molecule has 1 rings (SSSR count). The molecule has 1 fully saturated rings. The predicted molar refractivity (Wildman–Crippen MR) is 113 cm³/mol. The molecular formula is C14H28S6. The normalized spacial score (nSPS) is 18.3. The predicted octanol–water partition coefficient (Wildman–Crippen LogP) is 5.44. The lowest BCUT2D eigenvalue weighted by Crippen LogP contribution is -2.25. The third kappa shape index (κ3) is 9.29. The molecule has 0 N–H and O–H groups in total. The van der Waals surface area contributed by atoms with Gasteiger partial charge in [0.2, 0.25) is 0 Å². The fourth-order valence-corrected chi connectivity index (χ4v) is 8.11. The van der Waals surface area contributed by atoms with Gasteiger partial charge in [-0.1, -0.05) is 19.3 Å². The number of hydrogen-bond acceptors (Lipinski definition) is 6. The van der Waals surface area contributed by atoms with Gasteiger partial charge in [-0.3, -0.25) is 0 Å². The molecule has 0 bridgehead atoms. The molecule has 1 aliphatic rings. The van der Waals surface area contributed by atoms with Crippen molar-refractivity contribution < 1.29 is 0 Å². The SMILES string of the molecule is SCCSCCSC1(SCCSCCS)CCCCC1. The lowest BCUT2D eigenvalue weighted by molar-refractivity contribution is 0.491. The summed E-state index contributed by atoms with van der Waals surface area (Å²) in [5.74, 6) is 9.64. The maximum absolute atomic E-state index is 4.28. The average Bonchev–Trinajstić information content (AvgIpc) is 2.48. The molecule has 0 heterocycles. The minimum atomic E-state index is 0.543. The van der Waals surface area contributed by atoms with Crippen molar-refractivity contribution in [1.82, 2.24) is 0 Å². The fraction of sp³-hybridized carbons (Fsp3) is 1.00. The zero-order chi connectivity index (χ0) is 14.5. The highest BCUT2D eigenvalue weighted by atomic mass is 32.2.